The number of nitrogens with zero attached hydrogens (tertiary/aromatic N) is 1. The van der Waals surface area contributed by atoms with Crippen LogP contribution in [0.15, 0.2) is 0 Å². The Balaban J connectivity index is 1.92. The van der Waals surface area contributed by atoms with E-state index in [0.717, 1.165) is 13.0 Å². The maximum absolute atomic E-state index is 11.6. The molecule has 1 aliphatic carbocycles. The second-order valence-electron chi connectivity index (χ2n) is 6.22. The average Bonchev–Trinajstić information content (AvgIpc) is 3.01. The highest BCUT2D eigenvalue weighted by molar-refractivity contribution is 7.91. The molecule has 2 unspecified atom stereocenters. The number of sulfone groups is 1. The van der Waals surface area contributed by atoms with Crippen LogP contribution in [-0.4, -0.2) is 56.5 Å². The summed E-state index contributed by atoms with van der Waals surface area (Å²) in [7, 11) is -0.693. The van der Waals surface area contributed by atoms with Crippen molar-refractivity contribution < 1.29 is 8.42 Å². The SMILES string of the molecule is CC(C)C(CNC1CC1)N(C)C1CCS(=O)(=O)C1. The van der Waals surface area contributed by atoms with Gasteiger partial charge in [0, 0.05) is 24.7 Å². The second-order valence-corrected chi connectivity index (χ2v) is 8.44. The summed E-state index contributed by atoms with van der Waals surface area (Å²) in [5.74, 6) is 1.25. The van der Waals surface area contributed by atoms with Crippen LogP contribution in [0.2, 0.25) is 0 Å². The first-order valence-electron chi connectivity index (χ1n) is 7.05. The molecule has 2 atom stereocenters. The fourth-order valence-electron chi connectivity index (χ4n) is 2.79. The molecular weight excluding hydrogens is 248 g/mol. The summed E-state index contributed by atoms with van der Waals surface area (Å²) in [5, 5.41) is 3.57. The minimum Gasteiger partial charge on any atom is -0.312 e. The molecule has 0 bridgehead atoms. The molecule has 1 saturated heterocycles. The number of nitrogens with one attached hydrogen (secondary N) is 1. The van der Waals surface area contributed by atoms with Gasteiger partial charge >= 0.3 is 0 Å². The van der Waals surface area contributed by atoms with E-state index in [1.54, 1.807) is 0 Å². The van der Waals surface area contributed by atoms with Gasteiger partial charge < -0.3 is 5.32 Å². The summed E-state index contributed by atoms with van der Waals surface area (Å²) in [6.45, 7) is 5.42. The standard InChI is InChI=1S/C13H26N2O2S/c1-10(2)13(8-14-11-4-5-11)15(3)12-6-7-18(16,17)9-12/h10-14H,4-9H2,1-3H3. The normalized spacial score (nSPS) is 29.1. The van der Waals surface area contributed by atoms with Gasteiger partial charge in [0.15, 0.2) is 9.84 Å². The highest BCUT2D eigenvalue weighted by atomic mass is 32.2. The van der Waals surface area contributed by atoms with Crippen LogP contribution in [0.4, 0.5) is 0 Å². The fraction of sp³-hybridized carbons (Fsp3) is 1.00. The Morgan fingerprint density at radius 2 is 1.94 bits per heavy atom. The minimum atomic E-state index is -2.78. The Kier molecular flexibility index (Phi) is 4.34. The van der Waals surface area contributed by atoms with Gasteiger partial charge in [-0.05, 0) is 32.2 Å². The van der Waals surface area contributed by atoms with Crippen molar-refractivity contribution in [3.63, 3.8) is 0 Å². The van der Waals surface area contributed by atoms with Gasteiger partial charge in [0.25, 0.3) is 0 Å². The number of hydrogen-bond acceptors (Lipinski definition) is 4. The van der Waals surface area contributed by atoms with Crippen LogP contribution in [0, 0.1) is 5.92 Å². The third kappa shape index (κ3) is 3.68. The Labute approximate surface area is 111 Å². The lowest BCUT2D eigenvalue weighted by molar-refractivity contribution is 0.144. The monoisotopic (exact) mass is 274 g/mol. The van der Waals surface area contributed by atoms with E-state index in [9.17, 15) is 8.42 Å². The Morgan fingerprint density at radius 1 is 1.28 bits per heavy atom. The molecule has 0 aromatic rings. The van der Waals surface area contributed by atoms with E-state index in [2.05, 4.69) is 31.1 Å². The third-order valence-electron chi connectivity index (χ3n) is 4.27. The molecule has 2 fully saturated rings. The summed E-state index contributed by atoms with van der Waals surface area (Å²) in [6.07, 6.45) is 3.39. The predicted molar refractivity (Wildman–Crippen MR) is 74.5 cm³/mol. The Hall–Kier alpha value is -0.130. The van der Waals surface area contributed by atoms with Crippen molar-refractivity contribution in [3.05, 3.63) is 0 Å². The van der Waals surface area contributed by atoms with Gasteiger partial charge in [0.05, 0.1) is 11.5 Å². The average molecular weight is 274 g/mol. The molecule has 0 amide bonds. The summed E-state index contributed by atoms with van der Waals surface area (Å²) < 4.78 is 23.1. The van der Waals surface area contributed by atoms with E-state index in [0.29, 0.717) is 29.5 Å². The van der Waals surface area contributed by atoms with Gasteiger partial charge in [0.2, 0.25) is 0 Å². The highest BCUT2D eigenvalue weighted by Crippen LogP contribution is 2.23. The smallest absolute Gasteiger partial charge is 0.151 e. The molecule has 1 heterocycles. The summed E-state index contributed by atoms with van der Waals surface area (Å²) in [5.41, 5.74) is 0. The van der Waals surface area contributed by atoms with Crippen LogP contribution >= 0.6 is 0 Å². The minimum absolute atomic E-state index is 0.211. The summed E-state index contributed by atoms with van der Waals surface area (Å²) in [4.78, 5) is 2.30. The lowest BCUT2D eigenvalue weighted by Gasteiger charge is -2.35. The van der Waals surface area contributed by atoms with Gasteiger partial charge in [-0.15, -0.1) is 0 Å². The third-order valence-corrected chi connectivity index (χ3v) is 6.02. The molecule has 0 aromatic carbocycles. The molecule has 4 nitrogen and oxygen atoms in total. The molecule has 0 radical (unpaired) electrons. The van der Waals surface area contributed by atoms with E-state index in [1.807, 2.05) is 0 Å². The maximum atomic E-state index is 11.6. The molecule has 18 heavy (non-hydrogen) atoms. The highest BCUT2D eigenvalue weighted by Gasteiger charge is 2.35. The summed E-state index contributed by atoms with van der Waals surface area (Å²) >= 11 is 0. The quantitative estimate of drug-likeness (QED) is 0.781. The molecule has 1 aliphatic heterocycles. The second kappa shape index (κ2) is 5.47. The largest absolute Gasteiger partial charge is 0.312 e. The zero-order valence-corrected chi connectivity index (χ0v) is 12.5. The fourth-order valence-corrected chi connectivity index (χ4v) is 4.58. The molecule has 0 aromatic heterocycles. The molecule has 0 spiro atoms. The lowest BCUT2D eigenvalue weighted by atomic mass is 10.0. The van der Waals surface area contributed by atoms with E-state index in [-0.39, 0.29) is 6.04 Å². The van der Waals surface area contributed by atoms with Gasteiger partial charge in [-0.2, -0.15) is 0 Å². The van der Waals surface area contributed by atoms with E-state index >= 15 is 0 Å². The Bertz CT molecular complexity index is 376. The zero-order valence-electron chi connectivity index (χ0n) is 11.7. The van der Waals surface area contributed by atoms with Gasteiger partial charge in [-0.25, -0.2) is 8.42 Å². The van der Waals surface area contributed by atoms with Gasteiger partial charge in [0.1, 0.15) is 0 Å². The first-order valence-corrected chi connectivity index (χ1v) is 8.87. The topological polar surface area (TPSA) is 49.4 Å². The number of hydrogen-bond donors (Lipinski definition) is 1. The number of likely N-dealkylation sites (N-methyl/N-ethyl adjacent to an activating group) is 1. The van der Waals surface area contributed by atoms with Crippen LogP contribution in [0.5, 0.6) is 0 Å². The number of rotatable bonds is 6. The molecular formula is C13H26N2O2S. The molecule has 1 N–H and O–H groups in total. The van der Waals surface area contributed by atoms with Gasteiger partial charge in [-0.3, -0.25) is 4.90 Å². The molecule has 1 saturated carbocycles. The predicted octanol–water partition coefficient (Wildman–Crippen LogP) is 0.882. The summed E-state index contributed by atoms with van der Waals surface area (Å²) in [6, 6.07) is 1.36. The first kappa shape index (κ1) is 14.3. The van der Waals surface area contributed by atoms with Crippen LogP contribution in [0.1, 0.15) is 33.1 Å². The van der Waals surface area contributed by atoms with Crippen molar-refractivity contribution in [2.24, 2.45) is 5.92 Å². The van der Waals surface area contributed by atoms with E-state index < -0.39 is 9.84 Å². The van der Waals surface area contributed by atoms with Crippen molar-refractivity contribution in [3.8, 4) is 0 Å². The van der Waals surface area contributed by atoms with Crippen molar-refractivity contribution in [1.29, 1.82) is 0 Å². The van der Waals surface area contributed by atoms with E-state index in [4.69, 9.17) is 0 Å². The van der Waals surface area contributed by atoms with Crippen molar-refractivity contribution in [2.75, 3.05) is 25.1 Å². The van der Waals surface area contributed by atoms with Crippen molar-refractivity contribution in [2.45, 2.75) is 51.2 Å². The van der Waals surface area contributed by atoms with Gasteiger partial charge in [-0.1, -0.05) is 13.8 Å². The van der Waals surface area contributed by atoms with Crippen molar-refractivity contribution >= 4 is 9.84 Å². The van der Waals surface area contributed by atoms with E-state index in [1.165, 1.54) is 12.8 Å². The van der Waals surface area contributed by atoms with Crippen LogP contribution < -0.4 is 5.32 Å². The lowest BCUT2D eigenvalue weighted by Crippen LogP contribution is -2.49. The van der Waals surface area contributed by atoms with Crippen LogP contribution in [-0.2, 0) is 9.84 Å². The van der Waals surface area contributed by atoms with Crippen LogP contribution in [0.3, 0.4) is 0 Å². The molecule has 5 heteroatoms. The van der Waals surface area contributed by atoms with Crippen LogP contribution in [0.25, 0.3) is 0 Å². The molecule has 2 aliphatic rings. The zero-order chi connectivity index (χ0) is 13.3. The Morgan fingerprint density at radius 3 is 2.39 bits per heavy atom. The molecule has 2 rings (SSSR count). The first-order chi connectivity index (χ1) is 8.39. The van der Waals surface area contributed by atoms with Crippen molar-refractivity contribution in [1.82, 2.24) is 10.2 Å². The molecule has 106 valence electrons. The maximum Gasteiger partial charge on any atom is 0.151 e.